The lowest BCUT2D eigenvalue weighted by Gasteiger charge is -2.15. The second-order valence-electron chi connectivity index (χ2n) is 9.68. The molecule has 194 valence electrons. The van der Waals surface area contributed by atoms with Gasteiger partial charge < -0.3 is 4.98 Å². The van der Waals surface area contributed by atoms with E-state index in [1.54, 1.807) is 47.8 Å². The summed E-state index contributed by atoms with van der Waals surface area (Å²) in [5, 5.41) is 7.44. The Bertz CT molecular complexity index is 1840. The number of aromatic nitrogens is 7. The Kier molecular flexibility index (Phi) is 5.41. The maximum atomic E-state index is 14.5. The third-order valence-electron chi connectivity index (χ3n) is 6.91. The Labute approximate surface area is 220 Å². The fraction of sp³-hybridized carbons (Fsp3) is 0.179. The molecule has 0 unspecified atom stereocenters. The number of hydrogen-bond acceptors (Lipinski definition) is 6. The molecule has 1 aliphatic rings. The van der Waals surface area contributed by atoms with Crippen molar-refractivity contribution < 1.29 is 13.2 Å². The summed E-state index contributed by atoms with van der Waals surface area (Å²) >= 11 is 0. The Morgan fingerprint density at radius 2 is 1.82 bits per heavy atom. The highest BCUT2D eigenvalue weighted by molar-refractivity contribution is 5.95. The maximum Gasteiger partial charge on any atom is 0.261 e. The van der Waals surface area contributed by atoms with Gasteiger partial charge in [0, 0.05) is 49.2 Å². The van der Waals surface area contributed by atoms with Gasteiger partial charge in [-0.15, -0.1) is 0 Å². The lowest BCUT2D eigenvalue weighted by atomic mass is 10.1. The second-order valence-corrected chi connectivity index (χ2v) is 9.68. The number of rotatable bonds is 5. The minimum Gasteiger partial charge on any atom is -0.336 e. The van der Waals surface area contributed by atoms with Crippen molar-refractivity contribution in [2.24, 2.45) is 0 Å². The first kappa shape index (κ1) is 23.5. The van der Waals surface area contributed by atoms with Gasteiger partial charge in [-0.2, -0.15) is 5.10 Å². The van der Waals surface area contributed by atoms with E-state index in [9.17, 15) is 13.2 Å². The molecule has 0 amide bonds. The molecular weight excluding hydrogens is 505 g/mol. The number of aromatic amines is 2. The topological polar surface area (TPSA) is 99.3 Å². The summed E-state index contributed by atoms with van der Waals surface area (Å²) in [6.07, 6.45) is 4.87. The molecule has 11 heteroatoms. The van der Waals surface area contributed by atoms with E-state index in [0.29, 0.717) is 63.6 Å². The standard InChI is InChI=1S/C28H21F3N8/c29-19-4-2-1-3-18(19)23-24-21(7-9-33-23)35-27(36-24)26-25-22(37-38-26)6-5-20(34-25)17-11-16(12-32-13-17)14-39-10-8-28(30,31)15-39/h1-7,9,11-13H,8,10,14-15H2,(H,35,36)(H,37,38). The van der Waals surface area contributed by atoms with Crippen molar-refractivity contribution >= 4 is 22.1 Å². The molecule has 1 aliphatic heterocycles. The van der Waals surface area contributed by atoms with Crippen LogP contribution in [0, 0.1) is 5.82 Å². The van der Waals surface area contributed by atoms with Gasteiger partial charge in [0.15, 0.2) is 11.5 Å². The molecule has 2 N–H and O–H groups in total. The normalized spacial score (nSPS) is 15.5. The van der Waals surface area contributed by atoms with Gasteiger partial charge >= 0.3 is 0 Å². The largest absolute Gasteiger partial charge is 0.336 e. The Morgan fingerprint density at radius 1 is 0.949 bits per heavy atom. The van der Waals surface area contributed by atoms with Gasteiger partial charge in [-0.3, -0.25) is 20.0 Å². The van der Waals surface area contributed by atoms with Crippen molar-refractivity contribution in [2.45, 2.75) is 18.9 Å². The summed E-state index contributed by atoms with van der Waals surface area (Å²) in [6, 6.07) is 13.9. The van der Waals surface area contributed by atoms with Crippen LogP contribution in [0.3, 0.4) is 0 Å². The molecule has 0 saturated carbocycles. The predicted octanol–water partition coefficient (Wildman–Crippen LogP) is 5.61. The van der Waals surface area contributed by atoms with Crippen molar-refractivity contribution in [2.75, 3.05) is 13.1 Å². The van der Waals surface area contributed by atoms with Crippen LogP contribution in [0.15, 0.2) is 67.1 Å². The van der Waals surface area contributed by atoms with Gasteiger partial charge in [0.2, 0.25) is 0 Å². The van der Waals surface area contributed by atoms with Crippen LogP contribution in [0.5, 0.6) is 0 Å². The van der Waals surface area contributed by atoms with Crippen LogP contribution in [0.25, 0.3) is 56.1 Å². The van der Waals surface area contributed by atoms with E-state index in [4.69, 9.17) is 9.97 Å². The van der Waals surface area contributed by atoms with E-state index < -0.39 is 5.92 Å². The molecule has 0 atom stereocenters. The highest BCUT2D eigenvalue weighted by Gasteiger charge is 2.37. The number of nitrogens with one attached hydrogen (secondary N) is 2. The van der Waals surface area contributed by atoms with Crippen LogP contribution in [0.1, 0.15) is 12.0 Å². The number of hydrogen-bond donors (Lipinski definition) is 2. The number of fused-ring (bicyclic) bond motifs is 2. The van der Waals surface area contributed by atoms with E-state index in [0.717, 1.165) is 11.1 Å². The average Bonchev–Trinajstić information content (AvgIpc) is 3.64. The van der Waals surface area contributed by atoms with Gasteiger partial charge in [-0.05, 0) is 42.0 Å². The lowest BCUT2D eigenvalue weighted by Crippen LogP contribution is -2.24. The minimum atomic E-state index is -2.64. The first-order valence-electron chi connectivity index (χ1n) is 12.4. The number of halogens is 3. The predicted molar refractivity (Wildman–Crippen MR) is 140 cm³/mol. The van der Waals surface area contributed by atoms with Crippen molar-refractivity contribution in [1.29, 1.82) is 0 Å². The molecule has 1 saturated heterocycles. The molecule has 0 bridgehead atoms. The molecule has 6 aromatic rings. The average molecular weight is 527 g/mol. The highest BCUT2D eigenvalue weighted by Crippen LogP contribution is 2.32. The lowest BCUT2D eigenvalue weighted by molar-refractivity contribution is 0.0115. The highest BCUT2D eigenvalue weighted by atomic mass is 19.3. The number of benzene rings is 1. The number of pyridine rings is 3. The Balaban J connectivity index is 1.25. The van der Waals surface area contributed by atoms with Crippen LogP contribution < -0.4 is 0 Å². The Morgan fingerprint density at radius 3 is 2.67 bits per heavy atom. The van der Waals surface area contributed by atoms with Gasteiger partial charge in [-0.25, -0.2) is 23.1 Å². The molecule has 7 rings (SSSR count). The molecule has 5 aromatic heterocycles. The zero-order valence-corrected chi connectivity index (χ0v) is 20.5. The fourth-order valence-electron chi connectivity index (χ4n) is 5.04. The first-order valence-corrected chi connectivity index (χ1v) is 12.4. The molecule has 0 aliphatic carbocycles. The summed E-state index contributed by atoms with van der Waals surface area (Å²) in [5.41, 5.74) is 6.08. The van der Waals surface area contributed by atoms with Crippen LogP contribution in [0.2, 0.25) is 0 Å². The molecule has 1 aromatic carbocycles. The van der Waals surface area contributed by atoms with Crippen LogP contribution >= 0.6 is 0 Å². The van der Waals surface area contributed by atoms with Gasteiger partial charge in [0.25, 0.3) is 5.92 Å². The van der Waals surface area contributed by atoms with E-state index in [1.165, 1.54) is 6.07 Å². The van der Waals surface area contributed by atoms with Crippen molar-refractivity contribution in [1.82, 2.24) is 40.0 Å². The molecule has 8 nitrogen and oxygen atoms in total. The number of H-pyrrole nitrogens is 2. The van der Waals surface area contributed by atoms with Crippen LogP contribution in [-0.4, -0.2) is 59.0 Å². The van der Waals surface area contributed by atoms with Crippen molar-refractivity contribution in [3.63, 3.8) is 0 Å². The number of likely N-dealkylation sites (tertiary alicyclic amines) is 1. The summed E-state index contributed by atoms with van der Waals surface area (Å²) in [6.45, 7) is 0.504. The van der Waals surface area contributed by atoms with Crippen LogP contribution in [0.4, 0.5) is 13.2 Å². The minimum absolute atomic E-state index is 0.124. The van der Waals surface area contributed by atoms with E-state index in [2.05, 4.69) is 25.1 Å². The Hall–Kier alpha value is -4.64. The third kappa shape index (κ3) is 4.30. The summed E-state index contributed by atoms with van der Waals surface area (Å²) in [4.78, 5) is 23.3. The molecule has 1 fully saturated rings. The molecule has 0 spiro atoms. The summed E-state index contributed by atoms with van der Waals surface area (Å²) in [5.74, 6) is -2.56. The molecule has 39 heavy (non-hydrogen) atoms. The van der Waals surface area contributed by atoms with E-state index in [-0.39, 0.29) is 18.8 Å². The van der Waals surface area contributed by atoms with E-state index >= 15 is 0 Å². The van der Waals surface area contributed by atoms with Crippen molar-refractivity contribution in [3.8, 4) is 34.0 Å². The SMILES string of the molecule is Fc1ccccc1-c1nccc2[nH]c(-c3n[nH]c4ccc(-c5cncc(CN6CCC(F)(F)C6)c5)nc34)nc12. The van der Waals surface area contributed by atoms with Gasteiger partial charge in [0.1, 0.15) is 22.5 Å². The second kappa shape index (κ2) is 8.98. The summed E-state index contributed by atoms with van der Waals surface area (Å²) in [7, 11) is 0. The maximum absolute atomic E-state index is 14.5. The molecule has 6 heterocycles. The van der Waals surface area contributed by atoms with Gasteiger partial charge in [-0.1, -0.05) is 12.1 Å². The zero-order chi connectivity index (χ0) is 26.6. The fourth-order valence-corrected chi connectivity index (χ4v) is 5.04. The number of alkyl halides is 2. The van der Waals surface area contributed by atoms with Gasteiger partial charge in [0.05, 0.1) is 23.3 Å². The smallest absolute Gasteiger partial charge is 0.261 e. The molecular formula is C28H21F3N8. The number of imidazole rings is 1. The summed E-state index contributed by atoms with van der Waals surface area (Å²) < 4.78 is 41.8. The van der Waals surface area contributed by atoms with Crippen LogP contribution in [-0.2, 0) is 6.54 Å². The monoisotopic (exact) mass is 526 g/mol. The van der Waals surface area contributed by atoms with Crippen molar-refractivity contribution in [3.05, 3.63) is 78.5 Å². The molecule has 0 radical (unpaired) electrons. The quantitative estimate of drug-likeness (QED) is 0.303. The first-order chi connectivity index (χ1) is 18.9. The van der Waals surface area contributed by atoms with E-state index in [1.807, 2.05) is 18.2 Å². The zero-order valence-electron chi connectivity index (χ0n) is 20.5. The third-order valence-corrected chi connectivity index (χ3v) is 6.91. The number of nitrogens with zero attached hydrogens (tertiary/aromatic N) is 6.